The number of benzene rings is 1. The van der Waals surface area contributed by atoms with E-state index in [-0.39, 0.29) is 10.2 Å². The number of rotatable bonds is 2. The molecule has 2 rings (SSSR count). The van der Waals surface area contributed by atoms with Crippen LogP contribution in [0.25, 0.3) is 0 Å². The molecular weight excluding hydrogens is 330 g/mol. The third-order valence-corrected chi connectivity index (χ3v) is 3.34. The molecule has 3 nitrogen and oxygen atoms in total. The Morgan fingerprint density at radius 3 is 2.55 bits per heavy atom. The largest absolute Gasteiger partial charge is 0.319 e. The van der Waals surface area contributed by atoms with Crippen LogP contribution in [0.2, 0.25) is 0 Å². The highest BCUT2D eigenvalue weighted by molar-refractivity contribution is 9.10. The number of nitrogens with one attached hydrogen (secondary N) is 1. The predicted molar refractivity (Wildman–Crippen MR) is 75.7 cm³/mol. The molecule has 0 saturated heterocycles. The Bertz CT molecular complexity index is 689. The molecule has 0 bridgehead atoms. The normalized spacial score (nSPS) is 10.4. The highest BCUT2D eigenvalue weighted by Gasteiger charge is 2.14. The first-order chi connectivity index (χ1) is 9.38. The van der Waals surface area contributed by atoms with Gasteiger partial charge >= 0.3 is 0 Å². The number of amides is 1. The molecule has 2 aromatic rings. The molecule has 0 radical (unpaired) electrons. The molecule has 0 aliphatic heterocycles. The fourth-order valence-corrected chi connectivity index (χ4v) is 2.05. The van der Waals surface area contributed by atoms with Crippen LogP contribution in [0, 0.1) is 25.5 Å². The molecule has 1 N–H and O–H groups in total. The van der Waals surface area contributed by atoms with Crippen molar-refractivity contribution in [3.05, 3.63) is 57.3 Å². The van der Waals surface area contributed by atoms with Gasteiger partial charge in [0.2, 0.25) is 0 Å². The topological polar surface area (TPSA) is 42.0 Å². The van der Waals surface area contributed by atoms with Gasteiger partial charge < -0.3 is 5.32 Å². The Kier molecular flexibility index (Phi) is 4.13. The van der Waals surface area contributed by atoms with Crippen molar-refractivity contribution in [2.75, 3.05) is 5.32 Å². The molecule has 0 atom stereocenters. The number of carbonyl (C=O) groups is 1. The second-order valence-electron chi connectivity index (χ2n) is 4.29. The van der Waals surface area contributed by atoms with Gasteiger partial charge in [0.25, 0.3) is 5.91 Å². The van der Waals surface area contributed by atoms with E-state index < -0.39 is 17.5 Å². The standard InChI is InChI=1S/C14H11BrF2N2O/c1-7-3-4-9(8(2)18-7)14(20)19-13-6-11(16)10(15)5-12(13)17/h3-6H,1-2H3,(H,19,20). The van der Waals surface area contributed by atoms with Crippen LogP contribution in [0.15, 0.2) is 28.7 Å². The summed E-state index contributed by atoms with van der Waals surface area (Å²) in [4.78, 5) is 16.2. The van der Waals surface area contributed by atoms with Crippen molar-refractivity contribution < 1.29 is 13.6 Å². The van der Waals surface area contributed by atoms with Gasteiger partial charge in [-0.05, 0) is 48.0 Å². The molecule has 1 heterocycles. The molecular formula is C14H11BrF2N2O. The quantitative estimate of drug-likeness (QED) is 0.840. The summed E-state index contributed by atoms with van der Waals surface area (Å²) < 4.78 is 27.0. The minimum absolute atomic E-state index is 0.00109. The van der Waals surface area contributed by atoms with E-state index >= 15 is 0 Å². The van der Waals surface area contributed by atoms with Crippen LogP contribution in [-0.4, -0.2) is 10.9 Å². The lowest BCUT2D eigenvalue weighted by atomic mass is 10.1. The van der Waals surface area contributed by atoms with Crippen molar-refractivity contribution >= 4 is 27.5 Å². The van der Waals surface area contributed by atoms with Crippen LogP contribution in [0.5, 0.6) is 0 Å². The van der Waals surface area contributed by atoms with Gasteiger partial charge in [-0.25, -0.2) is 8.78 Å². The van der Waals surface area contributed by atoms with E-state index in [4.69, 9.17) is 0 Å². The predicted octanol–water partition coefficient (Wildman–Crippen LogP) is 3.99. The minimum Gasteiger partial charge on any atom is -0.319 e. The van der Waals surface area contributed by atoms with Crippen molar-refractivity contribution in [2.24, 2.45) is 0 Å². The van der Waals surface area contributed by atoms with Gasteiger partial charge in [0.1, 0.15) is 11.6 Å². The lowest BCUT2D eigenvalue weighted by molar-refractivity contribution is 0.102. The molecule has 1 amide bonds. The Labute approximate surface area is 123 Å². The third kappa shape index (κ3) is 3.01. The van der Waals surface area contributed by atoms with Crippen molar-refractivity contribution in [3.63, 3.8) is 0 Å². The lowest BCUT2D eigenvalue weighted by Crippen LogP contribution is -2.15. The lowest BCUT2D eigenvalue weighted by Gasteiger charge is -2.09. The Morgan fingerprint density at radius 2 is 1.90 bits per heavy atom. The molecule has 104 valence electrons. The number of carbonyl (C=O) groups excluding carboxylic acids is 1. The van der Waals surface area contributed by atoms with Gasteiger partial charge in [0.05, 0.1) is 21.4 Å². The van der Waals surface area contributed by atoms with Gasteiger partial charge in [-0.2, -0.15) is 0 Å². The van der Waals surface area contributed by atoms with Crippen LogP contribution in [0.3, 0.4) is 0 Å². The number of hydrogen-bond acceptors (Lipinski definition) is 2. The van der Waals surface area contributed by atoms with Crippen molar-refractivity contribution in [3.8, 4) is 0 Å². The number of anilines is 1. The van der Waals surface area contributed by atoms with Gasteiger partial charge in [-0.15, -0.1) is 0 Å². The first-order valence-electron chi connectivity index (χ1n) is 5.78. The van der Waals surface area contributed by atoms with Gasteiger partial charge in [0, 0.05) is 11.8 Å². The van der Waals surface area contributed by atoms with Crippen LogP contribution in [0.4, 0.5) is 14.5 Å². The smallest absolute Gasteiger partial charge is 0.257 e. The summed E-state index contributed by atoms with van der Waals surface area (Å²) in [6, 6.07) is 5.17. The summed E-state index contributed by atoms with van der Waals surface area (Å²) in [6.07, 6.45) is 0. The summed E-state index contributed by atoms with van der Waals surface area (Å²) in [6.45, 7) is 3.49. The number of halogens is 3. The average Bonchev–Trinajstić information content (AvgIpc) is 2.35. The molecule has 6 heteroatoms. The maximum absolute atomic E-state index is 13.6. The highest BCUT2D eigenvalue weighted by Crippen LogP contribution is 2.24. The fourth-order valence-electron chi connectivity index (χ4n) is 1.73. The van der Waals surface area contributed by atoms with E-state index in [1.807, 2.05) is 0 Å². The maximum atomic E-state index is 13.6. The third-order valence-electron chi connectivity index (χ3n) is 2.73. The van der Waals surface area contributed by atoms with Gasteiger partial charge in [-0.1, -0.05) is 0 Å². The maximum Gasteiger partial charge on any atom is 0.257 e. The van der Waals surface area contributed by atoms with Crippen LogP contribution < -0.4 is 5.32 Å². The van der Waals surface area contributed by atoms with E-state index in [9.17, 15) is 13.6 Å². The summed E-state index contributed by atoms with van der Waals surface area (Å²) in [5, 5.41) is 2.34. The minimum atomic E-state index is -0.718. The summed E-state index contributed by atoms with van der Waals surface area (Å²) in [5.41, 5.74) is 1.41. The fraction of sp³-hybridized carbons (Fsp3) is 0.143. The number of nitrogens with zero attached hydrogens (tertiary/aromatic N) is 1. The first kappa shape index (κ1) is 14.6. The van der Waals surface area contributed by atoms with Gasteiger partial charge in [0.15, 0.2) is 0 Å². The van der Waals surface area contributed by atoms with Crippen molar-refractivity contribution in [1.29, 1.82) is 0 Å². The Balaban J connectivity index is 2.30. The van der Waals surface area contributed by atoms with E-state index in [0.717, 1.165) is 17.8 Å². The molecule has 20 heavy (non-hydrogen) atoms. The van der Waals surface area contributed by atoms with E-state index in [1.165, 1.54) is 0 Å². The zero-order valence-corrected chi connectivity index (χ0v) is 12.4. The molecule has 0 unspecified atom stereocenters. The van der Waals surface area contributed by atoms with Crippen LogP contribution >= 0.6 is 15.9 Å². The summed E-state index contributed by atoms with van der Waals surface area (Å²) in [5.74, 6) is -1.90. The molecule has 1 aromatic heterocycles. The highest BCUT2D eigenvalue weighted by atomic mass is 79.9. The zero-order chi connectivity index (χ0) is 14.9. The number of aryl methyl sites for hydroxylation is 2. The SMILES string of the molecule is Cc1ccc(C(=O)Nc2cc(F)c(Br)cc2F)c(C)n1. The number of pyridine rings is 1. The monoisotopic (exact) mass is 340 g/mol. The van der Waals surface area contributed by atoms with E-state index in [0.29, 0.717) is 11.3 Å². The van der Waals surface area contributed by atoms with Crippen molar-refractivity contribution in [2.45, 2.75) is 13.8 Å². The Hall–Kier alpha value is -1.82. The van der Waals surface area contributed by atoms with E-state index in [2.05, 4.69) is 26.2 Å². The summed E-state index contributed by atoms with van der Waals surface area (Å²) >= 11 is 2.87. The molecule has 0 aliphatic rings. The zero-order valence-electron chi connectivity index (χ0n) is 10.8. The van der Waals surface area contributed by atoms with E-state index in [1.54, 1.807) is 26.0 Å². The van der Waals surface area contributed by atoms with Gasteiger partial charge in [-0.3, -0.25) is 9.78 Å². The Morgan fingerprint density at radius 1 is 1.20 bits per heavy atom. The molecule has 1 aromatic carbocycles. The van der Waals surface area contributed by atoms with Crippen molar-refractivity contribution in [1.82, 2.24) is 4.98 Å². The summed E-state index contributed by atoms with van der Waals surface area (Å²) in [7, 11) is 0. The molecule has 0 spiro atoms. The van der Waals surface area contributed by atoms with Crippen LogP contribution in [-0.2, 0) is 0 Å². The second-order valence-corrected chi connectivity index (χ2v) is 5.14. The number of hydrogen-bond donors (Lipinski definition) is 1. The average molecular weight is 341 g/mol. The van der Waals surface area contributed by atoms with Crippen LogP contribution in [0.1, 0.15) is 21.7 Å². The number of aromatic nitrogens is 1. The molecule has 0 saturated carbocycles. The first-order valence-corrected chi connectivity index (χ1v) is 6.58. The second kappa shape index (κ2) is 5.66. The molecule has 0 fully saturated rings. The molecule has 0 aliphatic carbocycles.